The van der Waals surface area contributed by atoms with Crippen molar-refractivity contribution in [2.45, 2.75) is 52.0 Å². The Kier molecular flexibility index (Phi) is 3.20. The molecule has 0 spiro atoms. The Morgan fingerprint density at radius 1 is 1.43 bits per heavy atom. The number of rotatable bonds is 4. The van der Waals surface area contributed by atoms with E-state index in [0.717, 1.165) is 25.8 Å². The molecule has 1 unspecified atom stereocenters. The van der Waals surface area contributed by atoms with E-state index in [2.05, 4.69) is 19.2 Å². The topological polar surface area (TPSA) is 49.3 Å². The summed E-state index contributed by atoms with van der Waals surface area (Å²) in [5, 5.41) is 12.4. The van der Waals surface area contributed by atoms with Crippen LogP contribution in [0.15, 0.2) is 0 Å². The zero-order chi connectivity index (χ0) is 10.8. The van der Waals surface area contributed by atoms with Crippen LogP contribution in [0.1, 0.15) is 46.5 Å². The Morgan fingerprint density at radius 3 is 2.43 bits per heavy atom. The second-order valence-corrected chi connectivity index (χ2v) is 4.92. The van der Waals surface area contributed by atoms with Crippen molar-refractivity contribution in [1.82, 2.24) is 5.32 Å². The van der Waals surface area contributed by atoms with E-state index >= 15 is 0 Å². The van der Waals surface area contributed by atoms with Crippen LogP contribution in [0.5, 0.6) is 0 Å². The average Bonchev–Trinajstić information content (AvgIpc) is 2.26. The average molecular weight is 199 g/mol. The number of hydrogen-bond donors (Lipinski definition) is 2. The number of nitrogens with one attached hydrogen (secondary N) is 1. The van der Waals surface area contributed by atoms with Gasteiger partial charge in [0, 0.05) is 5.54 Å². The van der Waals surface area contributed by atoms with Crippen molar-refractivity contribution in [1.29, 1.82) is 0 Å². The largest absolute Gasteiger partial charge is 0.481 e. The predicted molar refractivity (Wildman–Crippen MR) is 56.3 cm³/mol. The van der Waals surface area contributed by atoms with Gasteiger partial charge in [0.15, 0.2) is 0 Å². The lowest BCUT2D eigenvalue weighted by Crippen LogP contribution is -2.53. The monoisotopic (exact) mass is 199 g/mol. The third-order valence-corrected chi connectivity index (χ3v) is 3.67. The molecule has 82 valence electrons. The number of hydrogen-bond acceptors (Lipinski definition) is 2. The molecular formula is C11H21NO2. The van der Waals surface area contributed by atoms with Crippen LogP contribution in [0.4, 0.5) is 0 Å². The van der Waals surface area contributed by atoms with E-state index in [1.807, 2.05) is 6.92 Å². The zero-order valence-corrected chi connectivity index (χ0v) is 9.39. The predicted octanol–water partition coefficient (Wildman–Crippen LogP) is 2.02. The molecule has 14 heavy (non-hydrogen) atoms. The van der Waals surface area contributed by atoms with E-state index in [0.29, 0.717) is 0 Å². The van der Waals surface area contributed by atoms with Gasteiger partial charge in [-0.25, -0.2) is 0 Å². The van der Waals surface area contributed by atoms with Crippen LogP contribution < -0.4 is 5.32 Å². The molecule has 0 aromatic rings. The second kappa shape index (κ2) is 3.89. The minimum Gasteiger partial charge on any atom is -0.481 e. The fourth-order valence-electron chi connectivity index (χ4n) is 2.72. The van der Waals surface area contributed by atoms with Gasteiger partial charge in [-0.15, -0.1) is 0 Å². The normalized spacial score (nSPS) is 30.5. The van der Waals surface area contributed by atoms with Gasteiger partial charge in [0.1, 0.15) is 0 Å². The smallest absolute Gasteiger partial charge is 0.305 e. The molecule has 0 bridgehead atoms. The lowest BCUT2D eigenvalue weighted by atomic mass is 9.73. The van der Waals surface area contributed by atoms with E-state index in [1.165, 1.54) is 0 Å². The van der Waals surface area contributed by atoms with Gasteiger partial charge in [0.2, 0.25) is 0 Å². The summed E-state index contributed by atoms with van der Waals surface area (Å²) in [4.78, 5) is 10.9. The maximum Gasteiger partial charge on any atom is 0.305 e. The fraction of sp³-hybridized carbons (Fsp3) is 0.909. The number of aliphatic carboxylic acids is 1. The quantitative estimate of drug-likeness (QED) is 0.728. The highest BCUT2D eigenvalue weighted by molar-refractivity contribution is 5.68. The van der Waals surface area contributed by atoms with Crippen LogP contribution >= 0.6 is 0 Å². The molecule has 1 fully saturated rings. The lowest BCUT2D eigenvalue weighted by Gasteiger charge is -2.41. The number of carboxylic acid groups (broad SMARTS) is 1. The minimum atomic E-state index is -0.694. The van der Waals surface area contributed by atoms with Crippen LogP contribution in [0.2, 0.25) is 0 Å². The standard InChI is InChI=1S/C11H21NO2/c1-4-12-11(8-9(13)14)7-5-6-10(11,2)3/h12H,4-8H2,1-3H3,(H,13,14). The van der Waals surface area contributed by atoms with Crippen LogP contribution in [0, 0.1) is 5.41 Å². The first-order valence-corrected chi connectivity index (χ1v) is 5.40. The van der Waals surface area contributed by atoms with Crippen molar-refractivity contribution in [3.8, 4) is 0 Å². The minimum absolute atomic E-state index is 0.0986. The Bertz CT molecular complexity index is 225. The lowest BCUT2D eigenvalue weighted by molar-refractivity contribution is -0.139. The van der Waals surface area contributed by atoms with Gasteiger partial charge in [-0.1, -0.05) is 27.2 Å². The Balaban J connectivity index is 2.85. The van der Waals surface area contributed by atoms with E-state index in [1.54, 1.807) is 0 Å². The summed E-state index contributed by atoms with van der Waals surface area (Å²) in [5.41, 5.74) is -0.0883. The molecule has 0 amide bonds. The summed E-state index contributed by atoms with van der Waals surface area (Å²) in [6.45, 7) is 7.23. The molecule has 1 rings (SSSR count). The molecule has 0 aliphatic heterocycles. The summed E-state index contributed by atoms with van der Waals surface area (Å²) < 4.78 is 0. The first-order chi connectivity index (χ1) is 6.43. The highest BCUT2D eigenvalue weighted by Crippen LogP contribution is 2.47. The molecule has 1 atom stereocenters. The van der Waals surface area contributed by atoms with Gasteiger partial charge in [-0.3, -0.25) is 4.79 Å². The molecule has 0 heterocycles. The van der Waals surface area contributed by atoms with Gasteiger partial charge in [0.25, 0.3) is 0 Å². The third kappa shape index (κ3) is 1.92. The molecule has 0 radical (unpaired) electrons. The molecule has 0 aromatic carbocycles. The maximum absolute atomic E-state index is 10.9. The van der Waals surface area contributed by atoms with E-state index in [4.69, 9.17) is 5.11 Å². The maximum atomic E-state index is 10.9. The SMILES string of the molecule is CCNC1(CC(=O)O)CCCC1(C)C. The van der Waals surface area contributed by atoms with Crippen LogP contribution in [0.25, 0.3) is 0 Å². The molecule has 2 N–H and O–H groups in total. The fourth-order valence-corrected chi connectivity index (χ4v) is 2.72. The Labute approximate surface area is 85.9 Å². The Hall–Kier alpha value is -0.570. The van der Waals surface area contributed by atoms with Crippen molar-refractivity contribution >= 4 is 5.97 Å². The van der Waals surface area contributed by atoms with Crippen LogP contribution in [0.3, 0.4) is 0 Å². The van der Waals surface area contributed by atoms with E-state index < -0.39 is 5.97 Å². The first kappa shape index (κ1) is 11.5. The third-order valence-electron chi connectivity index (χ3n) is 3.67. The van der Waals surface area contributed by atoms with Gasteiger partial charge in [-0.2, -0.15) is 0 Å². The zero-order valence-electron chi connectivity index (χ0n) is 9.39. The molecule has 1 aliphatic carbocycles. The molecule has 1 saturated carbocycles. The van der Waals surface area contributed by atoms with Gasteiger partial charge in [-0.05, 0) is 24.8 Å². The highest BCUT2D eigenvalue weighted by Gasteiger charge is 2.49. The first-order valence-electron chi connectivity index (χ1n) is 5.40. The van der Waals surface area contributed by atoms with E-state index in [-0.39, 0.29) is 17.4 Å². The second-order valence-electron chi connectivity index (χ2n) is 4.92. The summed E-state index contributed by atoms with van der Waals surface area (Å²) in [6.07, 6.45) is 3.48. The molecule has 0 saturated heterocycles. The Morgan fingerprint density at radius 2 is 2.07 bits per heavy atom. The van der Waals surface area contributed by atoms with Crippen molar-refractivity contribution in [3.63, 3.8) is 0 Å². The van der Waals surface area contributed by atoms with Crippen LogP contribution in [-0.2, 0) is 4.79 Å². The number of carboxylic acids is 1. The molecule has 0 aromatic heterocycles. The van der Waals surface area contributed by atoms with E-state index in [9.17, 15) is 4.79 Å². The van der Waals surface area contributed by atoms with Gasteiger partial charge >= 0.3 is 5.97 Å². The van der Waals surface area contributed by atoms with Crippen molar-refractivity contribution in [3.05, 3.63) is 0 Å². The van der Waals surface area contributed by atoms with Crippen LogP contribution in [-0.4, -0.2) is 23.2 Å². The van der Waals surface area contributed by atoms with Crippen molar-refractivity contribution < 1.29 is 9.90 Å². The summed E-state index contributed by atoms with van der Waals surface area (Å²) in [6, 6.07) is 0. The molecule has 3 nitrogen and oxygen atoms in total. The summed E-state index contributed by atoms with van der Waals surface area (Å²) >= 11 is 0. The van der Waals surface area contributed by atoms with Crippen molar-refractivity contribution in [2.75, 3.05) is 6.54 Å². The summed E-state index contributed by atoms with van der Waals surface area (Å²) in [5.74, 6) is -0.694. The molecular weight excluding hydrogens is 178 g/mol. The summed E-state index contributed by atoms with van der Waals surface area (Å²) in [7, 11) is 0. The molecule has 3 heteroatoms. The highest BCUT2D eigenvalue weighted by atomic mass is 16.4. The number of carbonyl (C=O) groups is 1. The molecule has 1 aliphatic rings. The van der Waals surface area contributed by atoms with Gasteiger partial charge < -0.3 is 10.4 Å². The van der Waals surface area contributed by atoms with Gasteiger partial charge in [0.05, 0.1) is 6.42 Å². The van der Waals surface area contributed by atoms with Crippen molar-refractivity contribution in [2.24, 2.45) is 5.41 Å².